The maximum absolute atomic E-state index is 12.5. The number of nitrogens with one attached hydrogen (secondary N) is 1. The minimum atomic E-state index is -0.230. The van der Waals surface area contributed by atoms with Crippen molar-refractivity contribution in [2.24, 2.45) is 5.92 Å². The van der Waals surface area contributed by atoms with Crippen molar-refractivity contribution >= 4 is 5.91 Å². The molecule has 2 rings (SSSR count). The maximum Gasteiger partial charge on any atom is 0.271 e. The highest BCUT2D eigenvalue weighted by molar-refractivity contribution is 5.92. The summed E-state index contributed by atoms with van der Waals surface area (Å²) in [5.41, 5.74) is 0.114. The maximum atomic E-state index is 12.5. The molecule has 1 aliphatic heterocycles. The second-order valence-corrected chi connectivity index (χ2v) is 6.92. The fourth-order valence-corrected chi connectivity index (χ4v) is 3.09. The minimum Gasteiger partial charge on any atom is -0.379 e. The zero-order valence-electron chi connectivity index (χ0n) is 15.5. The monoisotopic (exact) mass is 350 g/mol. The predicted molar refractivity (Wildman–Crippen MR) is 96.8 cm³/mol. The first-order chi connectivity index (χ1) is 12.0. The van der Waals surface area contributed by atoms with Gasteiger partial charge in [-0.2, -0.15) is 5.10 Å². The van der Waals surface area contributed by atoms with E-state index < -0.39 is 0 Å². The van der Waals surface area contributed by atoms with E-state index in [4.69, 9.17) is 4.74 Å². The molecule has 0 saturated carbocycles. The summed E-state index contributed by atoms with van der Waals surface area (Å²) in [5.74, 6) is 0.321. The largest absolute Gasteiger partial charge is 0.379 e. The zero-order chi connectivity index (χ0) is 18.2. The van der Waals surface area contributed by atoms with E-state index in [9.17, 15) is 9.59 Å². The quantitative estimate of drug-likeness (QED) is 0.761. The number of carbonyl (C=O) groups excluding carboxylic acids is 1. The number of carbonyl (C=O) groups is 1. The summed E-state index contributed by atoms with van der Waals surface area (Å²) < 4.78 is 6.78. The van der Waals surface area contributed by atoms with Gasteiger partial charge in [0.05, 0.1) is 13.2 Å². The number of aryl methyl sites for hydroxylation is 1. The van der Waals surface area contributed by atoms with E-state index >= 15 is 0 Å². The van der Waals surface area contributed by atoms with Gasteiger partial charge in [0.2, 0.25) is 0 Å². The first kappa shape index (κ1) is 19.6. The summed E-state index contributed by atoms with van der Waals surface area (Å²) >= 11 is 0. The fraction of sp³-hybridized carbons (Fsp3) is 0.722. The van der Waals surface area contributed by atoms with Crippen molar-refractivity contribution in [2.75, 3.05) is 32.8 Å². The average Bonchev–Trinajstić information content (AvgIpc) is 2.61. The Balaban J connectivity index is 1.99. The third-order valence-electron chi connectivity index (χ3n) is 4.34. The molecule has 0 aliphatic carbocycles. The summed E-state index contributed by atoms with van der Waals surface area (Å²) in [6, 6.07) is 3.19. The number of morpholine rings is 1. The Morgan fingerprint density at radius 2 is 2.04 bits per heavy atom. The number of rotatable bonds is 8. The smallest absolute Gasteiger partial charge is 0.271 e. The van der Waals surface area contributed by atoms with Crippen LogP contribution in [0.3, 0.4) is 0 Å². The molecule has 0 aromatic carbocycles. The second-order valence-electron chi connectivity index (χ2n) is 6.92. The molecule has 2 heterocycles. The van der Waals surface area contributed by atoms with Gasteiger partial charge in [0, 0.05) is 38.3 Å². The van der Waals surface area contributed by atoms with Gasteiger partial charge >= 0.3 is 0 Å². The van der Waals surface area contributed by atoms with Crippen LogP contribution >= 0.6 is 0 Å². The summed E-state index contributed by atoms with van der Waals surface area (Å²) in [7, 11) is 0. The highest BCUT2D eigenvalue weighted by Gasteiger charge is 2.23. The second kappa shape index (κ2) is 9.68. The molecular weight excluding hydrogens is 320 g/mol. The van der Waals surface area contributed by atoms with Gasteiger partial charge < -0.3 is 10.1 Å². The van der Waals surface area contributed by atoms with Gasteiger partial charge in [-0.25, -0.2) is 4.68 Å². The molecule has 1 amide bonds. The molecule has 140 valence electrons. The van der Waals surface area contributed by atoms with Crippen molar-refractivity contribution in [3.63, 3.8) is 0 Å². The van der Waals surface area contributed by atoms with E-state index in [1.165, 1.54) is 16.8 Å². The van der Waals surface area contributed by atoms with Gasteiger partial charge in [-0.05, 0) is 24.8 Å². The summed E-state index contributed by atoms with van der Waals surface area (Å²) in [5, 5.41) is 7.16. The molecular formula is C18H30N4O3. The lowest BCUT2D eigenvalue weighted by Gasteiger charge is -2.35. The standard InChI is InChI=1S/C18H30N4O3/c1-4-7-22-17(23)6-5-16(20-22)18(24)19-13-15(12-14(2)3)21-8-10-25-11-9-21/h5-6,14-15H,4,7-13H2,1-3H3,(H,19,24). The Morgan fingerprint density at radius 1 is 1.32 bits per heavy atom. The number of amides is 1. The highest BCUT2D eigenvalue weighted by atomic mass is 16.5. The van der Waals surface area contributed by atoms with Crippen LogP contribution in [0.1, 0.15) is 44.1 Å². The van der Waals surface area contributed by atoms with Gasteiger partial charge in [-0.15, -0.1) is 0 Å². The lowest BCUT2D eigenvalue weighted by Crippen LogP contribution is -2.49. The molecule has 1 aromatic rings. The van der Waals surface area contributed by atoms with Gasteiger partial charge in [0.15, 0.2) is 0 Å². The Kier molecular flexibility index (Phi) is 7.58. The minimum absolute atomic E-state index is 0.176. The van der Waals surface area contributed by atoms with Crippen LogP contribution in [0.25, 0.3) is 0 Å². The molecule has 0 bridgehead atoms. The van der Waals surface area contributed by atoms with Crippen molar-refractivity contribution in [1.29, 1.82) is 0 Å². The number of hydrogen-bond donors (Lipinski definition) is 1. The van der Waals surface area contributed by atoms with Crippen LogP contribution in [0.2, 0.25) is 0 Å². The SMILES string of the molecule is CCCn1nc(C(=O)NCC(CC(C)C)N2CCOCC2)ccc1=O. The average molecular weight is 350 g/mol. The first-order valence-electron chi connectivity index (χ1n) is 9.19. The molecule has 1 saturated heterocycles. The van der Waals surface area contributed by atoms with E-state index in [2.05, 4.69) is 29.2 Å². The van der Waals surface area contributed by atoms with Crippen molar-refractivity contribution in [3.8, 4) is 0 Å². The van der Waals surface area contributed by atoms with E-state index in [1.54, 1.807) is 0 Å². The lowest BCUT2D eigenvalue weighted by atomic mass is 10.0. The molecule has 0 spiro atoms. The molecule has 7 nitrogen and oxygen atoms in total. The van der Waals surface area contributed by atoms with Gasteiger partial charge in [0.25, 0.3) is 11.5 Å². The number of hydrogen-bond acceptors (Lipinski definition) is 5. The number of nitrogens with zero attached hydrogens (tertiary/aromatic N) is 3. The van der Waals surface area contributed by atoms with E-state index in [-0.39, 0.29) is 17.5 Å². The number of ether oxygens (including phenoxy) is 1. The van der Waals surface area contributed by atoms with E-state index in [0.717, 1.165) is 39.1 Å². The van der Waals surface area contributed by atoms with E-state index in [1.807, 2.05) is 6.92 Å². The molecule has 1 aliphatic rings. The van der Waals surface area contributed by atoms with Crippen molar-refractivity contribution < 1.29 is 9.53 Å². The topological polar surface area (TPSA) is 76.5 Å². The Morgan fingerprint density at radius 3 is 2.68 bits per heavy atom. The molecule has 1 fully saturated rings. The third-order valence-corrected chi connectivity index (χ3v) is 4.34. The summed E-state index contributed by atoms with van der Waals surface area (Å²) in [4.78, 5) is 26.6. The molecule has 0 radical (unpaired) electrons. The van der Waals surface area contributed by atoms with Crippen LogP contribution < -0.4 is 10.9 Å². The molecule has 7 heteroatoms. The van der Waals surface area contributed by atoms with E-state index in [0.29, 0.717) is 24.7 Å². The van der Waals surface area contributed by atoms with Crippen LogP contribution in [0.4, 0.5) is 0 Å². The van der Waals surface area contributed by atoms with Crippen molar-refractivity contribution in [3.05, 3.63) is 28.2 Å². The zero-order valence-corrected chi connectivity index (χ0v) is 15.5. The van der Waals surface area contributed by atoms with Gasteiger partial charge in [-0.3, -0.25) is 14.5 Å². The lowest BCUT2D eigenvalue weighted by molar-refractivity contribution is 0.0124. The predicted octanol–water partition coefficient (Wildman–Crippen LogP) is 1.13. The fourth-order valence-electron chi connectivity index (χ4n) is 3.09. The first-order valence-corrected chi connectivity index (χ1v) is 9.19. The summed E-state index contributed by atoms with van der Waals surface area (Å²) in [6.07, 6.45) is 1.81. The van der Waals surface area contributed by atoms with Crippen LogP contribution in [0.5, 0.6) is 0 Å². The molecule has 1 unspecified atom stereocenters. The Labute approximate surface area is 149 Å². The van der Waals surface area contributed by atoms with Crippen LogP contribution in [-0.2, 0) is 11.3 Å². The normalized spacial score (nSPS) is 16.8. The van der Waals surface area contributed by atoms with Gasteiger partial charge in [0.1, 0.15) is 5.69 Å². The van der Waals surface area contributed by atoms with Crippen LogP contribution in [0, 0.1) is 5.92 Å². The van der Waals surface area contributed by atoms with Crippen LogP contribution in [0.15, 0.2) is 16.9 Å². The Hall–Kier alpha value is -1.73. The summed E-state index contributed by atoms with van der Waals surface area (Å²) in [6.45, 7) is 10.7. The molecule has 25 heavy (non-hydrogen) atoms. The molecule has 1 N–H and O–H groups in total. The molecule has 1 atom stereocenters. The third kappa shape index (κ3) is 5.93. The highest BCUT2D eigenvalue weighted by Crippen LogP contribution is 2.13. The molecule has 1 aromatic heterocycles. The van der Waals surface area contributed by atoms with Gasteiger partial charge in [-0.1, -0.05) is 20.8 Å². The van der Waals surface area contributed by atoms with Crippen LogP contribution in [-0.4, -0.2) is 59.5 Å². The van der Waals surface area contributed by atoms with Crippen molar-refractivity contribution in [2.45, 2.75) is 46.2 Å². The number of aromatic nitrogens is 2. The Bertz CT molecular complexity index is 609. The van der Waals surface area contributed by atoms with Crippen molar-refractivity contribution in [1.82, 2.24) is 20.0 Å².